The predicted molar refractivity (Wildman–Crippen MR) is 98.5 cm³/mol. The van der Waals surface area contributed by atoms with Gasteiger partial charge < -0.3 is 5.32 Å². The van der Waals surface area contributed by atoms with Gasteiger partial charge in [-0.3, -0.25) is 15.1 Å². The van der Waals surface area contributed by atoms with Crippen molar-refractivity contribution in [1.82, 2.24) is 14.8 Å². The van der Waals surface area contributed by atoms with Crippen molar-refractivity contribution in [2.24, 2.45) is 0 Å². The van der Waals surface area contributed by atoms with Gasteiger partial charge in [-0.15, -0.1) is 0 Å². The Bertz CT molecular complexity index is 945. The zero-order valence-electron chi connectivity index (χ0n) is 14.4. The average Bonchev–Trinajstić information content (AvgIpc) is 3.38. The van der Waals surface area contributed by atoms with Gasteiger partial charge in [0.2, 0.25) is 0 Å². The number of rotatable bonds is 6. The third-order valence-corrected chi connectivity index (χ3v) is 4.59. The van der Waals surface area contributed by atoms with Crippen molar-refractivity contribution in [2.45, 2.75) is 32.2 Å². The van der Waals surface area contributed by atoms with Gasteiger partial charge in [-0.25, -0.2) is 4.68 Å². The van der Waals surface area contributed by atoms with Crippen molar-refractivity contribution in [3.8, 4) is 5.69 Å². The summed E-state index contributed by atoms with van der Waals surface area (Å²) in [4.78, 5) is 14.6. The second-order valence-corrected chi connectivity index (χ2v) is 6.59. The molecule has 0 unspecified atom stereocenters. The lowest BCUT2D eigenvalue weighted by Gasteiger charge is -2.10. The first-order valence-electron chi connectivity index (χ1n) is 8.59. The van der Waals surface area contributed by atoms with Crippen LogP contribution in [-0.4, -0.2) is 19.7 Å². The van der Waals surface area contributed by atoms with Gasteiger partial charge in [-0.2, -0.15) is 5.10 Å². The van der Waals surface area contributed by atoms with E-state index < -0.39 is 4.92 Å². The first-order chi connectivity index (χ1) is 12.6. The minimum atomic E-state index is -0.416. The van der Waals surface area contributed by atoms with E-state index in [-0.39, 0.29) is 5.69 Å². The Hall–Kier alpha value is -3.22. The Labute approximate surface area is 150 Å². The van der Waals surface area contributed by atoms with Gasteiger partial charge in [0.05, 0.1) is 16.3 Å². The van der Waals surface area contributed by atoms with E-state index >= 15 is 0 Å². The molecule has 1 N–H and O–H groups in total. The maximum Gasteiger partial charge on any atom is 0.310 e. The summed E-state index contributed by atoms with van der Waals surface area (Å²) in [7, 11) is 0. The van der Waals surface area contributed by atoms with Crippen LogP contribution in [0.1, 0.15) is 35.6 Å². The number of nitrogens with one attached hydrogen (secondary N) is 1. The highest BCUT2D eigenvalue weighted by Gasteiger charge is 2.25. The van der Waals surface area contributed by atoms with Gasteiger partial charge in [0.15, 0.2) is 0 Å². The molecule has 0 atom stereocenters. The SMILES string of the molecule is Cc1cncc([N+](=O)[O-])c1NCc1ccc(-n2ccc(C3CC3)n2)cc1. The molecule has 0 spiro atoms. The van der Waals surface area contributed by atoms with Gasteiger partial charge in [0, 0.05) is 24.9 Å². The molecule has 132 valence electrons. The Morgan fingerprint density at radius 1 is 1.23 bits per heavy atom. The van der Waals surface area contributed by atoms with Crippen LogP contribution in [-0.2, 0) is 6.54 Å². The topological polar surface area (TPSA) is 85.9 Å². The van der Waals surface area contributed by atoms with Crippen LogP contribution in [0.5, 0.6) is 0 Å². The van der Waals surface area contributed by atoms with Crippen molar-refractivity contribution >= 4 is 11.4 Å². The van der Waals surface area contributed by atoms with Crippen molar-refractivity contribution in [3.05, 3.63) is 75.9 Å². The van der Waals surface area contributed by atoms with Crippen molar-refractivity contribution in [1.29, 1.82) is 0 Å². The summed E-state index contributed by atoms with van der Waals surface area (Å²) in [6.07, 6.45) is 7.36. The molecule has 0 bridgehead atoms. The van der Waals surface area contributed by atoms with Gasteiger partial charge in [0.25, 0.3) is 0 Å². The maximum atomic E-state index is 11.2. The van der Waals surface area contributed by atoms with E-state index in [1.54, 1.807) is 13.1 Å². The number of hydrogen-bond acceptors (Lipinski definition) is 5. The van der Waals surface area contributed by atoms with E-state index in [1.165, 1.54) is 19.0 Å². The number of benzene rings is 1. The van der Waals surface area contributed by atoms with E-state index in [4.69, 9.17) is 0 Å². The van der Waals surface area contributed by atoms with Crippen LogP contribution >= 0.6 is 0 Å². The zero-order chi connectivity index (χ0) is 18.1. The first kappa shape index (κ1) is 16.3. The summed E-state index contributed by atoms with van der Waals surface area (Å²) in [5.41, 5.74) is 4.46. The monoisotopic (exact) mass is 349 g/mol. The van der Waals surface area contributed by atoms with Gasteiger partial charge in [0.1, 0.15) is 11.9 Å². The Morgan fingerprint density at radius 3 is 2.69 bits per heavy atom. The quantitative estimate of drug-likeness (QED) is 0.537. The molecule has 1 aliphatic carbocycles. The number of nitrogens with zero attached hydrogens (tertiary/aromatic N) is 4. The Morgan fingerprint density at radius 2 is 2.00 bits per heavy atom. The summed E-state index contributed by atoms with van der Waals surface area (Å²) < 4.78 is 1.89. The molecule has 2 heterocycles. The van der Waals surface area contributed by atoms with Crippen LogP contribution in [0.3, 0.4) is 0 Å². The summed E-state index contributed by atoms with van der Waals surface area (Å²) in [6.45, 7) is 2.30. The molecule has 1 fully saturated rings. The number of anilines is 1. The minimum absolute atomic E-state index is 0.00855. The third-order valence-electron chi connectivity index (χ3n) is 4.59. The van der Waals surface area contributed by atoms with Crippen LogP contribution in [0, 0.1) is 17.0 Å². The fourth-order valence-corrected chi connectivity index (χ4v) is 2.95. The van der Waals surface area contributed by atoms with Gasteiger partial charge in [-0.05, 0) is 49.1 Å². The Balaban J connectivity index is 1.47. The third kappa shape index (κ3) is 3.28. The van der Waals surface area contributed by atoms with Crippen molar-refractivity contribution in [3.63, 3.8) is 0 Å². The molecule has 0 radical (unpaired) electrons. The maximum absolute atomic E-state index is 11.2. The molecule has 0 aliphatic heterocycles. The van der Waals surface area contributed by atoms with Crippen molar-refractivity contribution < 1.29 is 4.92 Å². The second kappa shape index (κ2) is 6.59. The van der Waals surface area contributed by atoms with Crippen LogP contribution in [0.4, 0.5) is 11.4 Å². The normalized spacial score (nSPS) is 13.6. The van der Waals surface area contributed by atoms with Crippen LogP contribution in [0.15, 0.2) is 48.9 Å². The number of nitro groups is 1. The molecule has 0 amide bonds. The molecule has 1 aromatic carbocycles. The van der Waals surface area contributed by atoms with E-state index in [2.05, 4.69) is 21.5 Å². The lowest BCUT2D eigenvalue weighted by molar-refractivity contribution is -0.384. The molecule has 2 aromatic heterocycles. The molecule has 7 heteroatoms. The molecular formula is C19H19N5O2. The van der Waals surface area contributed by atoms with Crippen LogP contribution in [0.2, 0.25) is 0 Å². The molecule has 26 heavy (non-hydrogen) atoms. The molecule has 1 aliphatic rings. The molecule has 1 saturated carbocycles. The van der Waals surface area contributed by atoms with Crippen LogP contribution < -0.4 is 5.32 Å². The zero-order valence-corrected chi connectivity index (χ0v) is 14.4. The number of aromatic nitrogens is 3. The van der Waals surface area contributed by atoms with Gasteiger partial charge >= 0.3 is 5.69 Å². The standard InChI is InChI=1S/C19H19N5O2/c1-13-10-20-12-18(24(25)26)19(13)21-11-14-2-6-16(7-3-14)23-9-8-17(22-23)15-4-5-15/h2-3,6-10,12,15H,4-5,11H2,1H3,(H,20,21). The average molecular weight is 349 g/mol. The number of aryl methyl sites for hydroxylation is 1. The second-order valence-electron chi connectivity index (χ2n) is 6.59. The van der Waals surface area contributed by atoms with E-state index in [9.17, 15) is 10.1 Å². The van der Waals surface area contributed by atoms with Crippen molar-refractivity contribution in [2.75, 3.05) is 5.32 Å². The summed E-state index contributed by atoms with van der Waals surface area (Å²) in [6, 6.07) is 10.1. The summed E-state index contributed by atoms with van der Waals surface area (Å²) in [5, 5.41) is 18.9. The highest BCUT2D eigenvalue weighted by molar-refractivity contribution is 5.64. The van der Waals surface area contributed by atoms with E-state index in [0.717, 1.165) is 22.5 Å². The smallest absolute Gasteiger partial charge is 0.310 e. The number of hydrogen-bond donors (Lipinski definition) is 1. The fourth-order valence-electron chi connectivity index (χ4n) is 2.95. The molecule has 7 nitrogen and oxygen atoms in total. The van der Waals surface area contributed by atoms with E-state index in [0.29, 0.717) is 18.2 Å². The van der Waals surface area contributed by atoms with Crippen LogP contribution in [0.25, 0.3) is 5.69 Å². The Kier molecular flexibility index (Phi) is 4.12. The lowest BCUT2D eigenvalue weighted by Crippen LogP contribution is -2.05. The van der Waals surface area contributed by atoms with E-state index in [1.807, 2.05) is 35.1 Å². The molecule has 3 aromatic rings. The van der Waals surface area contributed by atoms with Gasteiger partial charge in [-0.1, -0.05) is 12.1 Å². The highest BCUT2D eigenvalue weighted by Crippen LogP contribution is 2.39. The number of pyridine rings is 1. The molecule has 0 saturated heterocycles. The fraction of sp³-hybridized carbons (Fsp3) is 0.263. The summed E-state index contributed by atoms with van der Waals surface area (Å²) in [5.74, 6) is 0.638. The first-order valence-corrected chi connectivity index (χ1v) is 8.59. The lowest BCUT2D eigenvalue weighted by atomic mass is 10.2. The molecule has 4 rings (SSSR count). The highest BCUT2D eigenvalue weighted by atomic mass is 16.6. The largest absolute Gasteiger partial charge is 0.375 e. The predicted octanol–water partition coefficient (Wildman–Crippen LogP) is 3.97. The molecular weight excluding hydrogens is 330 g/mol. The minimum Gasteiger partial charge on any atom is -0.375 e. The summed E-state index contributed by atoms with van der Waals surface area (Å²) >= 11 is 0.